The Morgan fingerprint density at radius 1 is 1.12 bits per heavy atom. The van der Waals surface area contributed by atoms with Crippen LogP contribution in [0.5, 0.6) is 0 Å². The summed E-state index contributed by atoms with van der Waals surface area (Å²) in [6.07, 6.45) is 0. The summed E-state index contributed by atoms with van der Waals surface area (Å²) < 4.78 is 0. The molecule has 0 aliphatic carbocycles. The van der Waals surface area contributed by atoms with Crippen molar-refractivity contribution < 1.29 is 9.59 Å². The Bertz CT molecular complexity index is 344. The smallest absolute Gasteiger partial charge is 0.251 e. The lowest BCUT2D eigenvalue weighted by Gasteiger charge is -2.06. The van der Waals surface area contributed by atoms with Crippen LogP contribution in [0.25, 0.3) is 0 Å². The highest BCUT2D eigenvalue weighted by molar-refractivity contribution is 5.96. The minimum Gasteiger partial charge on any atom is -0.345 e. The van der Waals surface area contributed by atoms with Gasteiger partial charge in [-0.15, -0.1) is 0 Å². The van der Waals surface area contributed by atoms with E-state index in [1.165, 1.54) is 0 Å². The van der Waals surface area contributed by atoms with Gasteiger partial charge in [0.1, 0.15) is 0 Å². The fourth-order valence-electron chi connectivity index (χ4n) is 1.06. The van der Waals surface area contributed by atoms with Crippen molar-refractivity contribution in [1.82, 2.24) is 5.32 Å². The average Bonchev–Trinajstić information content (AvgIpc) is 2.38. The zero-order chi connectivity index (χ0) is 13.3. The van der Waals surface area contributed by atoms with Gasteiger partial charge in [-0.3, -0.25) is 9.59 Å². The fourth-order valence-corrected chi connectivity index (χ4v) is 1.06. The van der Waals surface area contributed by atoms with Crippen LogP contribution in [0, 0.1) is 5.92 Å². The van der Waals surface area contributed by atoms with E-state index < -0.39 is 0 Å². The van der Waals surface area contributed by atoms with Crippen molar-refractivity contribution in [3.8, 4) is 0 Å². The Kier molecular flexibility index (Phi) is 7.68. The Morgan fingerprint density at radius 2 is 1.65 bits per heavy atom. The molecule has 1 N–H and O–H groups in total. The molecule has 1 aromatic rings. The molecule has 1 rings (SSSR count). The molecule has 0 aromatic heterocycles. The maximum atomic E-state index is 11.5. The van der Waals surface area contributed by atoms with E-state index >= 15 is 0 Å². The van der Waals surface area contributed by atoms with Gasteiger partial charge in [0.05, 0.1) is 6.54 Å². The first-order valence-corrected chi connectivity index (χ1v) is 5.97. The number of carbonyl (C=O) groups is 2. The Hall–Kier alpha value is -1.64. The number of ketones is 1. The minimum absolute atomic E-state index is 0.0407. The molecule has 0 spiro atoms. The summed E-state index contributed by atoms with van der Waals surface area (Å²) >= 11 is 0. The van der Waals surface area contributed by atoms with Gasteiger partial charge >= 0.3 is 0 Å². The second-order valence-corrected chi connectivity index (χ2v) is 3.67. The Morgan fingerprint density at radius 3 is 2.12 bits per heavy atom. The van der Waals surface area contributed by atoms with Crippen LogP contribution in [-0.4, -0.2) is 18.2 Å². The normalized spacial score (nSPS) is 9.24. The van der Waals surface area contributed by atoms with E-state index in [4.69, 9.17) is 0 Å². The molecular formula is C14H21NO2. The lowest BCUT2D eigenvalue weighted by Crippen LogP contribution is -2.31. The van der Waals surface area contributed by atoms with Crippen LogP contribution in [0.4, 0.5) is 0 Å². The van der Waals surface area contributed by atoms with Gasteiger partial charge in [0.2, 0.25) is 0 Å². The van der Waals surface area contributed by atoms with Gasteiger partial charge in [0.15, 0.2) is 5.78 Å². The quantitative estimate of drug-likeness (QED) is 0.872. The van der Waals surface area contributed by atoms with E-state index in [1.807, 2.05) is 33.8 Å². The summed E-state index contributed by atoms with van der Waals surface area (Å²) in [5.41, 5.74) is 0.578. The summed E-state index contributed by atoms with van der Waals surface area (Å²) in [6, 6.07) is 8.86. The van der Waals surface area contributed by atoms with Gasteiger partial charge < -0.3 is 5.32 Å². The SMILES string of the molecule is CC.CC(C)C(=O)CNC(=O)c1ccccc1. The zero-order valence-corrected chi connectivity index (χ0v) is 11.0. The predicted octanol–water partition coefficient (Wildman–Crippen LogP) is 2.67. The highest BCUT2D eigenvalue weighted by Gasteiger charge is 2.09. The monoisotopic (exact) mass is 235 g/mol. The molecule has 0 atom stereocenters. The summed E-state index contributed by atoms with van der Waals surface area (Å²) in [5, 5.41) is 2.59. The maximum Gasteiger partial charge on any atom is 0.251 e. The highest BCUT2D eigenvalue weighted by atomic mass is 16.2. The van der Waals surface area contributed by atoms with E-state index in [0.29, 0.717) is 5.56 Å². The van der Waals surface area contributed by atoms with Gasteiger partial charge in [-0.1, -0.05) is 45.9 Å². The number of rotatable bonds is 4. The molecule has 0 fully saturated rings. The van der Waals surface area contributed by atoms with Crippen LogP contribution in [0.1, 0.15) is 38.1 Å². The molecule has 3 heteroatoms. The fraction of sp³-hybridized carbons (Fsp3) is 0.429. The number of Topliss-reactive ketones (excluding diaryl/α,β-unsaturated/α-hetero) is 1. The van der Waals surface area contributed by atoms with Crippen LogP contribution >= 0.6 is 0 Å². The zero-order valence-electron chi connectivity index (χ0n) is 11.0. The number of hydrogen-bond acceptors (Lipinski definition) is 2. The van der Waals surface area contributed by atoms with Crippen molar-refractivity contribution >= 4 is 11.7 Å². The lowest BCUT2D eigenvalue weighted by molar-refractivity contribution is -0.120. The summed E-state index contributed by atoms with van der Waals surface area (Å²) in [6.45, 7) is 7.74. The van der Waals surface area contributed by atoms with Gasteiger partial charge in [0.25, 0.3) is 5.91 Å². The number of amides is 1. The standard InChI is InChI=1S/C12H15NO2.C2H6/c1-9(2)11(14)8-13-12(15)10-6-4-3-5-7-10;1-2/h3-7,9H,8H2,1-2H3,(H,13,15);1-2H3. The summed E-state index contributed by atoms with van der Waals surface area (Å²) in [4.78, 5) is 22.8. The molecule has 0 unspecified atom stereocenters. The first-order valence-electron chi connectivity index (χ1n) is 5.97. The van der Waals surface area contributed by atoms with Gasteiger partial charge in [-0.2, -0.15) is 0 Å². The van der Waals surface area contributed by atoms with Crippen molar-refractivity contribution in [2.24, 2.45) is 5.92 Å². The topological polar surface area (TPSA) is 46.2 Å². The number of hydrogen-bond donors (Lipinski definition) is 1. The van der Waals surface area contributed by atoms with Gasteiger partial charge in [-0.05, 0) is 12.1 Å². The molecule has 1 amide bonds. The molecule has 94 valence electrons. The van der Waals surface area contributed by atoms with Crippen LogP contribution in [0.15, 0.2) is 30.3 Å². The van der Waals surface area contributed by atoms with E-state index in [2.05, 4.69) is 5.32 Å². The van der Waals surface area contributed by atoms with Gasteiger partial charge in [0, 0.05) is 11.5 Å². The second kappa shape index (κ2) is 8.50. The molecule has 0 aliphatic rings. The highest BCUT2D eigenvalue weighted by Crippen LogP contribution is 1.98. The van der Waals surface area contributed by atoms with Crippen LogP contribution in [0.3, 0.4) is 0 Å². The van der Waals surface area contributed by atoms with Gasteiger partial charge in [-0.25, -0.2) is 0 Å². The molecule has 1 aromatic carbocycles. The van der Waals surface area contributed by atoms with Crippen molar-refractivity contribution in [2.45, 2.75) is 27.7 Å². The van der Waals surface area contributed by atoms with Crippen LogP contribution in [0.2, 0.25) is 0 Å². The third-order valence-corrected chi connectivity index (χ3v) is 2.10. The third kappa shape index (κ3) is 5.85. The van der Waals surface area contributed by atoms with Crippen LogP contribution in [-0.2, 0) is 4.79 Å². The Balaban J connectivity index is 0.00000121. The molecule has 17 heavy (non-hydrogen) atoms. The largest absolute Gasteiger partial charge is 0.345 e. The number of carbonyl (C=O) groups excluding carboxylic acids is 2. The lowest BCUT2D eigenvalue weighted by atomic mass is 10.1. The Labute approximate surface area is 103 Å². The van der Waals surface area contributed by atoms with Crippen molar-refractivity contribution in [2.75, 3.05) is 6.54 Å². The maximum absolute atomic E-state index is 11.5. The van der Waals surface area contributed by atoms with Crippen molar-refractivity contribution in [3.63, 3.8) is 0 Å². The molecule has 0 saturated carbocycles. The minimum atomic E-state index is -0.204. The van der Waals surface area contributed by atoms with Crippen molar-refractivity contribution in [1.29, 1.82) is 0 Å². The van der Waals surface area contributed by atoms with E-state index in [9.17, 15) is 9.59 Å². The molecule has 0 bridgehead atoms. The van der Waals surface area contributed by atoms with Crippen molar-refractivity contribution in [3.05, 3.63) is 35.9 Å². The van der Waals surface area contributed by atoms with E-state index in [-0.39, 0.29) is 24.2 Å². The predicted molar refractivity (Wildman–Crippen MR) is 70.0 cm³/mol. The molecule has 3 nitrogen and oxygen atoms in total. The molecule has 0 heterocycles. The molecule has 0 radical (unpaired) electrons. The first kappa shape index (κ1) is 15.4. The summed E-state index contributed by atoms with van der Waals surface area (Å²) in [7, 11) is 0. The molecular weight excluding hydrogens is 214 g/mol. The molecule has 0 aliphatic heterocycles. The third-order valence-electron chi connectivity index (χ3n) is 2.10. The number of nitrogens with one attached hydrogen (secondary N) is 1. The van der Waals surface area contributed by atoms with Crippen LogP contribution < -0.4 is 5.32 Å². The number of benzene rings is 1. The summed E-state index contributed by atoms with van der Waals surface area (Å²) in [5.74, 6) is -0.204. The molecule has 0 saturated heterocycles. The van der Waals surface area contributed by atoms with E-state index in [1.54, 1.807) is 24.3 Å². The average molecular weight is 235 g/mol. The van der Waals surface area contributed by atoms with E-state index in [0.717, 1.165) is 0 Å². The first-order chi connectivity index (χ1) is 8.11. The second-order valence-electron chi connectivity index (χ2n) is 3.67.